The predicted octanol–water partition coefficient (Wildman–Crippen LogP) is -0.275. The highest BCUT2D eigenvalue weighted by Crippen LogP contribution is 2.01. The van der Waals surface area contributed by atoms with Crippen molar-refractivity contribution in [1.29, 1.82) is 0 Å². The fraction of sp³-hybridized carbons (Fsp3) is 1.00. The summed E-state index contributed by atoms with van der Waals surface area (Å²) in [6, 6.07) is 0. The lowest BCUT2D eigenvalue weighted by Crippen LogP contribution is -3.10. The number of hydrogen-bond acceptors (Lipinski definition) is 2. The second-order valence-electron chi connectivity index (χ2n) is 5.02. The van der Waals surface area contributed by atoms with E-state index in [4.69, 9.17) is 0 Å². The van der Waals surface area contributed by atoms with Crippen molar-refractivity contribution < 1.29 is 9.80 Å². The van der Waals surface area contributed by atoms with Gasteiger partial charge in [-0.25, -0.2) is 0 Å². The van der Waals surface area contributed by atoms with Crippen LogP contribution in [-0.4, -0.2) is 49.4 Å². The number of thioether (sulfide) groups is 2. The molecule has 2 saturated heterocycles. The Morgan fingerprint density at radius 2 is 1.19 bits per heavy atom. The Morgan fingerprint density at radius 3 is 1.56 bits per heavy atom. The van der Waals surface area contributed by atoms with Gasteiger partial charge >= 0.3 is 0 Å². The van der Waals surface area contributed by atoms with E-state index in [0.29, 0.717) is 0 Å². The van der Waals surface area contributed by atoms with Crippen LogP contribution in [0.4, 0.5) is 0 Å². The molecule has 0 aliphatic carbocycles. The van der Waals surface area contributed by atoms with Crippen LogP contribution in [0.2, 0.25) is 0 Å². The Labute approximate surface area is 109 Å². The van der Waals surface area contributed by atoms with Crippen molar-refractivity contribution in [2.24, 2.45) is 0 Å². The normalized spacial score (nSPS) is 30.0. The molecule has 2 aliphatic heterocycles. The van der Waals surface area contributed by atoms with Crippen LogP contribution < -0.4 is 9.80 Å². The van der Waals surface area contributed by atoms with Gasteiger partial charge in [-0.2, -0.15) is 0 Å². The van der Waals surface area contributed by atoms with Gasteiger partial charge in [0.05, 0.1) is 26.2 Å². The predicted molar refractivity (Wildman–Crippen MR) is 74.5 cm³/mol. The van der Waals surface area contributed by atoms with E-state index < -0.39 is 0 Å². The van der Waals surface area contributed by atoms with Crippen LogP contribution >= 0.6 is 23.5 Å². The fourth-order valence-electron chi connectivity index (χ4n) is 2.51. The molecule has 0 aromatic carbocycles. The van der Waals surface area contributed by atoms with Crippen LogP contribution in [0, 0.1) is 0 Å². The molecule has 0 radical (unpaired) electrons. The smallest absolute Gasteiger partial charge is 0.124 e. The lowest BCUT2D eigenvalue weighted by molar-refractivity contribution is -0.880. The van der Waals surface area contributed by atoms with Crippen molar-refractivity contribution in [1.82, 2.24) is 0 Å². The summed E-state index contributed by atoms with van der Waals surface area (Å²) in [5.41, 5.74) is 0. The van der Waals surface area contributed by atoms with Gasteiger partial charge in [-0.15, -0.1) is 0 Å². The molecule has 2 heterocycles. The van der Waals surface area contributed by atoms with E-state index in [1.807, 2.05) is 9.80 Å². The summed E-state index contributed by atoms with van der Waals surface area (Å²) in [6.45, 7) is 5.69. The van der Waals surface area contributed by atoms with Gasteiger partial charge in [-0.3, -0.25) is 0 Å². The summed E-state index contributed by atoms with van der Waals surface area (Å²) in [4.78, 5) is 3.68. The third kappa shape index (κ3) is 4.86. The Bertz CT molecular complexity index is 158. The van der Waals surface area contributed by atoms with Crippen molar-refractivity contribution >= 4 is 23.5 Å². The van der Waals surface area contributed by atoms with Crippen LogP contribution in [0.15, 0.2) is 0 Å². The Hall–Kier alpha value is 0.620. The van der Waals surface area contributed by atoms with Crippen LogP contribution in [0.3, 0.4) is 0 Å². The molecule has 0 aromatic rings. The average Bonchev–Trinajstić information content (AvgIpc) is 2.96. The van der Waals surface area contributed by atoms with Gasteiger partial charge in [-0.1, -0.05) is 23.5 Å². The van der Waals surface area contributed by atoms with Gasteiger partial charge in [0.15, 0.2) is 0 Å². The van der Waals surface area contributed by atoms with Crippen molar-refractivity contribution in [3.63, 3.8) is 0 Å². The van der Waals surface area contributed by atoms with Gasteiger partial charge in [0, 0.05) is 11.5 Å². The van der Waals surface area contributed by atoms with Crippen LogP contribution in [0.25, 0.3) is 0 Å². The van der Waals surface area contributed by atoms with E-state index in [2.05, 4.69) is 23.5 Å². The summed E-state index contributed by atoms with van der Waals surface area (Å²) >= 11 is 4.25. The standard InChI is InChI=1S/C12H24N2S2/c1(3-5-13-7-9-15-11-13)2-4-6-14-8-10-16-12-14/h1-12H2/p+2. The zero-order valence-corrected chi connectivity index (χ0v) is 11.9. The molecule has 2 unspecified atom stereocenters. The minimum Gasteiger partial charge on any atom is -0.326 e. The molecule has 16 heavy (non-hydrogen) atoms. The topological polar surface area (TPSA) is 8.88 Å². The molecule has 0 spiro atoms. The number of rotatable bonds is 7. The maximum absolute atomic E-state index is 2.12. The summed E-state index contributed by atoms with van der Waals surface area (Å²) in [5, 5.41) is 0. The van der Waals surface area contributed by atoms with E-state index in [1.165, 1.54) is 75.1 Å². The van der Waals surface area contributed by atoms with Crippen molar-refractivity contribution in [3.05, 3.63) is 0 Å². The van der Waals surface area contributed by atoms with Gasteiger partial charge in [0.2, 0.25) is 0 Å². The van der Waals surface area contributed by atoms with E-state index in [1.54, 1.807) is 0 Å². The molecule has 2 rings (SSSR count). The van der Waals surface area contributed by atoms with Crippen LogP contribution in [0.5, 0.6) is 0 Å². The zero-order chi connectivity index (χ0) is 11.1. The van der Waals surface area contributed by atoms with Crippen LogP contribution in [0.1, 0.15) is 25.7 Å². The number of nitrogens with one attached hydrogen (secondary N) is 2. The second kappa shape index (κ2) is 7.85. The van der Waals surface area contributed by atoms with Gasteiger partial charge in [-0.05, 0) is 25.7 Å². The number of hydrogen-bond donors (Lipinski definition) is 2. The highest BCUT2D eigenvalue weighted by molar-refractivity contribution is 7.99. The highest BCUT2D eigenvalue weighted by atomic mass is 32.2. The van der Waals surface area contributed by atoms with Crippen molar-refractivity contribution in [2.45, 2.75) is 25.7 Å². The Morgan fingerprint density at radius 1 is 0.688 bits per heavy atom. The van der Waals surface area contributed by atoms with Crippen molar-refractivity contribution in [2.75, 3.05) is 49.4 Å². The van der Waals surface area contributed by atoms with Gasteiger partial charge in [0.1, 0.15) is 11.8 Å². The molecule has 2 fully saturated rings. The molecule has 0 aromatic heterocycles. The van der Waals surface area contributed by atoms with Crippen LogP contribution in [-0.2, 0) is 0 Å². The molecule has 0 saturated carbocycles. The minimum atomic E-state index is 1.37. The molecular weight excluding hydrogens is 236 g/mol. The molecule has 2 atom stereocenters. The average molecular weight is 262 g/mol. The fourth-order valence-corrected chi connectivity index (χ4v) is 4.82. The third-order valence-corrected chi connectivity index (χ3v) is 5.83. The molecular formula is C12H26N2S2+2. The Balaban J connectivity index is 1.37. The third-order valence-electron chi connectivity index (χ3n) is 3.62. The first-order valence-electron chi connectivity index (χ1n) is 6.78. The lowest BCUT2D eigenvalue weighted by atomic mass is 10.2. The van der Waals surface area contributed by atoms with E-state index in [0.717, 1.165) is 0 Å². The summed E-state index contributed by atoms with van der Waals surface area (Å²) in [5.74, 6) is 5.53. The number of unbranched alkanes of at least 4 members (excludes halogenated alkanes) is 3. The SMILES string of the molecule is C(CCC[NH+]1CCSC1)CC[NH+]1CCSC1. The molecule has 0 bridgehead atoms. The first kappa shape index (κ1) is 13.1. The van der Waals surface area contributed by atoms with Gasteiger partial charge < -0.3 is 9.80 Å². The maximum Gasteiger partial charge on any atom is 0.124 e. The molecule has 4 heteroatoms. The molecule has 2 N–H and O–H groups in total. The Kier molecular flexibility index (Phi) is 6.41. The molecule has 2 aliphatic rings. The quantitative estimate of drug-likeness (QED) is 0.611. The largest absolute Gasteiger partial charge is 0.326 e. The number of quaternary nitrogens is 2. The first-order chi connectivity index (χ1) is 7.95. The summed E-state index contributed by atoms with van der Waals surface area (Å²) in [7, 11) is 0. The second-order valence-corrected chi connectivity index (χ2v) is 7.23. The molecule has 94 valence electrons. The van der Waals surface area contributed by atoms with Gasteiger partial charge in [0.25, 0.3) is 0 Å². The van der Waals surface area contributed by atoms with Crippen molar-refractivity contribution in [3.8, 4) is 0 Å². The van der Waals surface area contributed by atoms with E-state index in [9.17, 15) is 0 Å². The molecule has 0 amide bonds. The summed E-state index contributed by atoms with van der Waals surface area (Å²) in [6.07, 6.45) is 5.85. The highest BCUT2D eigenvalue weighted by Gasteiger charge is 2.15. The molecule has 2 nitrogen and oxygen atoms in total. The lowest BCUT2D eigenvalue weighted by Gasteiger charge is -2.12. The minimum absolute atomic E-state index is 1.37. The summed E-state index contributed by atoms with van der Waals surface area (Å²) < 4.78 is 0. The zero-order valence-electron chi connectivity index (χ0n) is 10.3. The van der Waals surface area contributed by atoms with E-state index in [-0.39, 0.29) is 0 Å². The monoisotopic (exact) mass is 262 g/mol. The maximum atomic E-state index is 2.12. The van der Waals surface area contributed by atoms with E-state index >= 15 is 0 Å². The first-order valence-corrected chi connectivity index (χ1v) is 9.09.